The number of halogens is 4. The van der Waals surface area contributed by atoms with E-state index in [0.29, 0.717) is 34.4 Å². The van der Waals surface area contributed by atoms with Crippen LogP contribution in [0.3, 0.4) is 0 Å². The van der Waals surface area contributed by atoms with Gasteiger partial charge in [0.2, 0.25) is 10.0 Å². The largest absolute Gasteiger partial charge is 0.333 e. The number of hydrogen-bond donors (Lipinski definition) is 0. The second-order valence-electron chi connectivity index (χ2n) is 6.22. The van der Waals surface area contributed by atoms with Gasteiger partial charge in [0, 0.05) is 48.3 Å². The first-order valence-electron chi connectivity index (χ1n) is 8.19. The van der Waals surface area contributed by atoms with Crippen LogP contribution in [0.5, 0.6) is 0 Å². The van der Waals surface area contributed by atoms with E-state index < -0.39 is 16.6 Å². The maximum atomic E-state index is 12.8. The molecule has 1 aliphatic rings. The molecule has 0 amide bonds. The molecule has 2 aromatic rings. The fraction of sp³-hybridized carbons (Fsp3) is 0.438. The van der Waals surface area contributed by atoms with Crippen LogP contribution >= 0.6 is 23.2 Å². The van der Waals surface area contributed by atoms with Crippen LogP contribution in [0.1, 0.15) is 17.8 Å². The van der Waals surface area contributed by atoms with Gasteiger partial charge in [-0.3, -0.25) is 4.90 Å². The molecule has 1 aliphatic heterocycles. The SMILES string of the molecule is Cc1nn(C(F)F)cc1S(=O)(=O)N1CCN(Cc2c(Cl)cccc2Cl)CC1. The van der Waals surface area contributed by atoms with Gasteiger partial charge in [0.15, 0.2) is 0 Å². The quantitative estimate of drug-likeness (QED) is 0.717. The van der Waals surface area contributed by atoms with E-state index in [1.54, 1.807) is 18.2 Å². The van der Waals surface area contributed by atoms with E-state index in [1.807, 2.05) is 0 Å². The minimum absolute atomic E-state index is 0.0561. The van der Waals surface area contributed by atoms with Crippen molar-refractivity contribution in [1.29, 1.82) is 0 Å². The van der Waals surface area contributed by atoms with Crippen molar-refractivity contribution in [1.82, 2.24) is 19.0 Å². The average Bonchev–Trinajstić information content (AvgIpc) is 3.02. The first-order chi connectivity index (χ1) is 12.7. The van der Waals surface area contributed by atoms with Crippen molar-refractivity contribution >= 4 is 33.2 Å². The highest BCUT2D eigenvalue weighted by Crippen LogP contribution is 2.27. The van der Waals surface area contributed by atoms with Crippen LogP contribution in [0.15, 0.2) is 29.3 Å². The molecule has 0 radical (unpaired) electrons. The van der Waals surface area contributed by atoms with Gasteiger partial charge in [0.05, 0.1) is 11.9 Å². The molecule has 0 atom stereocenters. The lowest BCUT2D eigenvalue weighted by Crippen LogP contribution is -2.48. The molecule has 1 fully saturated rings. The molecule has 2 heterocycles. The Morgan fingerprint density at radius 2 is 1.74 bits per heavy atom. The van der Waals surface area contributed by atoms with Crippen LogP contribution in [0.25, 0.3) is 0 Å². The van der Waals surface area contributed by atoms with Gasteiger partial charge in [-0.05, 0) is 19.1 Å². The molecule has 1 aromatic heterocycles. The monoisotopic (exact) mass is 438 g/mol. The van der Waals surface area contributed by atoms with Gasteiger partial charge < -0.3 is 0 Å². The lowest BCUT2D eigenvalue weighted by molar-refractivity contribution is 0.0561. The van der Waals surface area contributed by atoms with Crippen LogP contribution in [0.2, 0.25) is 10.0 Å². The summed E-state index contributed by atoms with van der Waals surface area (Å²) in [6.07, 6.45) is 0.880. The third kappa shape index (κ3) is 4.27. The van der Waals surface area contributed by atoms with Crippen molar-refractivity contribution in [2.24, 2.45) is 0 Å². The summed E-state index contributed by atoms with van der Waals surface area (Å²) in [6.45, 7) is 0.458. The summed E-state index contributed by atoms with van der Waals surface area (Å²) >= 11 is 12.4. The van der Waals surface area contributed by atoms with Crippen molar-refractivity contribution in [2.75, 3.05) is 26.2 Å². The highest BCUT2D eigenvalue weighted by molar-refractivity contribution is 7.89. The number of piperazine rings is 1. The summed E-state index contributed by atoms with van der Waals surface area (Å²) in [7, 11) is -3.88. The molecule has 6 nitrogen and oxygen atoms in total. The Labute approximate surface area is 166 Å². The van der Waals surface area contributed by atoms with Crippen LogP contribution in [0.4, 0.5) is 8.78 Å². The van der Waals surface area contributed by atoms with Crippen molar-refractivity contribution in [2.45, 2.75) is 24.9 Å². The minimum Gasteiger partial charge on any atom is -0.296 e. The zero-order chi connectivity index (χ0) is 19.8. The summed E-state index contributed by atoms with van der Waals surface area (Å²) < 4.78 is 52.8. The topological polar surface area (TPSA) is 58.4 Å². The van der Waals surface area contributed by atoms with Gasteiger partial charge >= 0.3 is 6.55 Å². The smallest absolute Gasteiger partial charge is 0.296 e. The number of nitrogens with zero attached hydrogens (tertiary/aromatic N) is 4. The van der Waals surface area contributed by atoms with Crippen molar-refractivity contribution in [3.8, 4) is 0 Å². The molecule has 0 N–H and O–H groups in total. The lowest BCUT2D eigenvalue weighted by atomic mass is 10.2. The standard InChI is InChI=1S/C16H18Cl2F2N4O2S/c1-11-15(10-24(21-11)16(19)20)27(25,26)23-7-5-22(6-8-23)9-12-13(17)3-2-4-14(12)18/h2-4,10,16H,5-9H2,1H3. The molecule has 11 heteroatoms. The molecule has 0 spiro atoms. The maximum Gasteiger partial charge on any atom is 0.333 e. The highest BCUT2D eigenvalue weighted by Gasteiger charge is 2.32. The third-order valence-corrected chi connectivity index (χ3v) is 7.17. The molecular formula is C16H18Cl2F2N4O2S. The normalized spacial score (nSPS) is 17.0. The third-order valence-electron chi connectivity index (χ3n) is 4.46. The van der Waals surface area contributed by atoms with E-state index in [9.17, 15) is 17.2 Å². The van der Waals surface area contributed by atoms with Crippen molar-refractivity contribution < 1.29 is 17.2 Å². The van der Waals surface area contributed by atoms with Crippen LogP contribution in [-0.2, 0) is 16.6 Å². The molecule has 0 unspecified atom stereocenters. The van der Waals surface area contributed by atoms with Gasteiger partial charge in [-0.15, -0.1) is 0 Å². The molecule has 3 rings (SSSR count). The van der Waals surface area contributed by atoms with Gasteiger partial charge in [-0.1, -0.05) is 29.3 Å². The number of sulfonamides is 1. The van der Waals surface area contributed by atoms with Crippen molar-refractivity contribution in [3.63, 3.8) is 0 Å². The van der Waals surface area contributed by atoms with E-state index in [4.69, 9.17) is 23.2 Å². The molecule has 27 heavy (non-hydrogen) atoms. The van der Waals surface area contributed by atoms with Gasteiger partial charge in [-0.25, -0.2) is 13.1 Å². The van der Waals surface area contributed by atoms with Crippen molar-refractivity contribution in [3.05, 3.63) is 45.7 Å². The Morgan fingerprint density at radius 3 is 2.26 bits per heavy atom. The number of aromatic nitrogens is 2. The van der Waals surface area contributed by atoms with Crippen LogP contribution < -0.4 is 0 Å². The van der Waals surface area contributed by atoms with E-state index >= 15 is 0 Å². The minimum atomic E-state index is -3.88. The zero-order valence-electron chi connectivity index (χ0n) is 14.4. The Kier molecular flexibility index (Phi) is 6.07. The Bertz CT molecular complexity index is 908. The van der Waals surface area contributed by atoms with Crippen LogP contribution in [-0.4, -0.2) is 53.6 Å². The number of rotatable bonds is 5. The Hall–Kier alpha value is -1.26. The number of aryl methyl sites for hydroxylation is 1. The first kappa shape index (κ1) is 20.5. The Morgan fingerprint density at radius 1 is 1.15 bits per heavy atom. The van der Waals surface area contributed by atoms with Gasteiger partial charge in [0.1, 0.15) is 4.90 Å². The molecular weight excluding hydrogens is 421 g/mol. The van der Waals surface area contributed by atoms with Gasteiger partial charge in [0.25, 0.3) is 0 Å². The zero-order valence-corrected chi connectivity index (χ0v) is 16.8. The summed E-state index contributed by atoms with van der Waals surface area (Å²) in [5.74, 6) is 0. The second kappa shape index (κ2) is 8.00. The summed E-state index contributed by atoms with van der Waals surface area (Å²) in [5.41, 5.74) is 0.853. The molecule has 148 valence electrons. The summed E-state index contributed by atoms with van der Waals surface area (Å²) in [6, 6.07) is 5.28. The number of benzene rings is 1. The fourth-order valence-electron chi connectivity index (χ4n) is 2.99. The van der Waals surface area contributed by atoms with E-state index in [0.717, 1.165) is 11.8 Å². The molecule has 1 aromatic carbocycles. The second-order valence-corrected chi connectivity index (χ2v) is 8.94. The molecule has 0 aliphatic carbocycles. The van der Waals surface area contributed by atoms with Gasteiger partial charge in [-0.2, -0.15) is 18.2 Å². The molecule has 0 bridgehead atoms. The summed E-state index contributed by atoms with van der Waals surface area (Å²) in [4.78, 5) is 1.86. The molecule has 1 saturated heterocycles. The summed E-state index contributed by atoms with van der Waals surface area (Å²) in [5, 5.41) is 4.71. The highest BCUT2D eigenvalue weighted by atomic mass is 35.5. The van der Waals surface area contributed by atoms with E-state index in [-0.39, 0.29) is 23.7 Å². The Balaban J connectivity index is 1.70. The van der Waals surface area contributed by atoms with Crippen LogP contribution in [0, 0.1) is 6.92 Å². The lowest BCUT2D eigenvalue weighted by Gasteiger charge is -2.34. The van der Waals surface area contributed by atoms with E-state index in [2.05, 4.69) is 10.00 Å². The number of hydrogen-bond acceptors (Lipinski definition) is 4. The maximum absolute atomic E-state index is 12.8. The average molecular weight is 439 g/mol. The number of alkyl halides is 2. The first-order valence-corrected chi connectivity index (χ1v) is 10.4. The fourth-order valence-corrected chi connectivity index (χ4v) is 5.09. The predicted octanol–water partition coefficient (Wildman–Crippen LogP) is 3.40. The van der Waals surface area contributed by atoms with E-state index in [1.165, 1.54) is 11.2 Å². The predicted molar refractivity (Wildman–Crippen MR) is 98.7 cm³/mol. The molecule has 0 saturated carbocycles.